The summed E-state index contributed by atoms with van der Waals surface area (Å²) in [7, 11) is 0. The number of carbonyl (C=O) groups is 1. The average Bonchev–Trinajstić information content (AvgIpc) is 2.36. The van der Waals surface area contributed by atoms with E-state index in [1.54, 1.807) is 0 Å². The Kier molecular flexibility index (Phi) is 6.31. The highest BCUT2D eigenvalue weighted by molar-refractivity contribution is 5.83. The van der Waals surface area contributed by atoms with Gasteiger partial charge < -0.3 is 10.2 Å². The number of piperidine rings is 1. The molecule has 0 bridgehead atoms. The summed E-state index contributed by atoms with van der Waals surface area (Å²) in [5.41, 5.74) is -0.151. The molecule has 0 aromatic carbocycles. The molecular formula is C16H32N2O. The SMILES string of the molecule is CCC1(C(=O)N(CC(C)C)CC(C)C)CCCNC1. The predicted octanol–water partition coefficient (Wildman–Crippen LogP) is 2.91. The van der Waals surface area contributed by atoms with Crippen molar-refractivity contribution in [1.82, 2.24) is 10.2 Å². The third-order valence-electron chi connectivity index (χ3n) is 4.06. The molecular weight excluding hydrogens is 236 g/mol. The van der Waals surface area contributed by atoms with Gasteiger partial charge in [0.2, 0.25) is 5.91 Å². The monoisotopic (exact) mass is 268 g/mol. The molecule has 1 unspecified atom stereocenters. The second-order valence-corrected chi connectivity index (χ2v) is 6.91. The van der Waals surface area contributed by atoms with Crippen LogP contribution in [0.1, 0.15) is 53.9 Å². The first-order valence-electron chi connectivity index (χ1n) is 7.91. The van der Waals surface area contributed by atoms with Crippen molar-refractivity contribution in [2.45, 2.75) is 53.9 Å². The number of hydrogen-bond donors (Lipinski definition) is 1. The van der Waals surface area contributed by atoms with Crippen LogP contribution in [0.25, 0.3) is 0 Å². The first kappa shape index (κ1) is 16.5. The Bertz CT molecular complexity index is 270. The lowest BCUT2D eigenvalue weighted by molar-refractivity contribution is -0.144. The van der Waals surface area contributed by atoms with Gasteiger partial charge in [0.15, 0.2) is 0 Å². The molecule has 1 aliphatic heterocycles. The third-order valence-corrected chi connectivity index (χ3v) is 4.06. The van der Waals surface area contributed by atoms with Gasteiger partial charge in [-0.2, -0.15) is 0 Å². The maximum atomic E-state index is 13.0. The van der Waals surface area contributed by atoms with Crippen LogP contribution in [0.15, 0.2) is 0 Å². The summed E-state index contributed by atoms with van der Waals surface area (Å²) >= 11 is 0. The van der Waals surface area contributed by atoms with Gasteiger partial charge in [-0.1, -0.05) is 34.6 Å². The molecule has 1 heterocycles. The molecule has 112 valence electrons. The fraction of sp³-hybridized carbons (Fsp3) is 0.938. The lowest BCUT2D eigenvalue weighted by Gasteiger charge is -2.40. The van der Waals surface area contributed by atoms with Crippen molar-refractivity contribution in [3.05, 3.63) is 0 Å². The van der Waals surface area contributed by atoms with Gasteiger partial charge in [-0.3, -0.25) is 4.79 Å². The molecule has 1 atom stereocenters. The van der Waals surface area contributed by atoms with E-state index in [-0.39, 0.29) is 5.41 Å². The van der Waals surface area contributed by atoms with E-state index < -0.39 is 0 Å². The Morgan fingerprint density at radius 2 is 1.79 bits per heavy atom. The molecule has 0 radical (unpaired) electrons. The highest BCUT2D eigenvalue weighted by Crippen LogP contribution is 2.32. The predicted molar refractivity (Wildman–Crippen MR) is 81.1 cm³/mol. The van der Waals surface area contributed by atoms with Crippen molar-refractivity contribution in [1.29, 1.82) is 0 Å². The number of rotatable bonds is 6. The highest BCUT2D eigenvalue weighted by Gasteiger charge is 2.40. The molecule has 0 aromatic heterocycles. The van der Waals surface area contributed by atoms with Crippen LogP contribution >= 0.6 is 0 Å². The summed E-state index contributed by atoms with van der Waals surface area (Å²) in [6.07, 6.45) is 3.12. The van der Waals surface area contributed by atoms with Gasteiger partial charge in [-0.15, -0.1) is 0 Å². The minimum absolute atomic E-state index is 0.151. The van der Waals surface area contributed by atoms with Crippen LogP contribution in [-0.2, 0) is 4.79 Å². The fourth-order valence-electron chi connectivity index (χ4n) is 3.06. The van der Waals surface area contributed by atoms with E-state index in [1.165, 1.54) is 0 Å². The largest absolute Gasteiger partial charge is 0.342 e. The standard InChI is InChI=1S/C16H32N2O/c1-6-16(8-7-9-17-12-16)15(19)18(10-13(2)3)11-14(4)5/h13-14,17H,6-12H2,1-5H3. The summed E-state index contributed by atoms with van der Waals surface area (Å²) in [6, 6.07) is 0. The van der Waals surface area contributed by atoms with E-state index in [0.717, 1.165) is 45.4 Å². The summed E-state index contributed by atoms with van der Waals surface area (Å²) in [5.74, 6) is 1.45. The Morgan fingerprint density at radius 3 is 2.16 bits per heavy atom. The lowest BCUT2D eigenvalue weighted by Crippen LogP contribution is -2.53. The Hall–Kier alpha value is -0.570. The van der Waals surface area contributed by atoms with Crippen molar-refractivity contribution in [3.63, 3.8) is 0 Å². The van der Waals surface area contributed by atoms with Gasteiger partial charge in [0.1, 0.15) is 0 Å². The van der Waals surface area contributed by atoms with Crippen LogP contribution in [0.5, 0.6) is 0 Å². The quantitative estimate of drug-likeness (QED) is 0.803. The van der Waals surface area contributed by atoms with Crippen molar-refractivity contribution < 1.29 is 4.79 Å². The number of amides is 1. The smallest absolute Gasteiger partial charge is 0.230 e. The lowest BCUT2D eigenvalue weighted by atomic mass is 9.77. The minimum atomic E-state index is -0.151. The third kappa shape index (κ3) is 4.48. The van der Waals surface area contributed by atoms with Crippen LogP contribution in [0.4, 0.5) is 0 Å². The molecule has 0 spiro atoms. The van der Waals surface area contributed by atoms with E-state index in [9.17, 15) is 4.79 Å². The first-order chi connectivity index (χ1) is 8.91. The summed E-state index contributed by atoms with van der Waals surface area (Å²) in [4.78, 5) is 15.1. The topological polar surface area (TPSA) is 32.3 Å². The first-order valence-corrected chi connectivity index (χ1v) is 7.91. The van der Waals surface area contributed by atoms with E-state index in [0.29, 0.717) is 17.7 Å². The second kappa shape index (κ2) is 7.28. The number of carbonyl (C=O) groups excluding carboxylic acids is 1. The van der Waals surface area contributed by atoms with E-state index in [2.05, 4.69) is 44.8 Å². The van der Waals surface area contributed by atoms with Crippen molar-refractivity contribution >= 4 is 5.91 Å². The van der Waals surface area contributed by atoms with Crippen molar-refractivity contribution in [2.75, 3.05) is 26.2 Å². The molecule has 1 saturated heterocycles. The van der Waals surface area contributed by atoms with Gasteiger partial charge in [0.05, 0.1) is 5.41 Å². The molecule has 1 rings (SSSR count). The Labute approximate surface area is 119 Å². The molecule has 1 N–H and O–H groups in total. The molecule has 0 aromatic rings. The summed E-state index contributed by atoms with van der Waals surface area (Å²) in [6.45, 7) is 14.6. The van der Waals surface area contributed by atoms with Crippen LogP contribution in [0.3, 0.4) is 0 Å². The Balaban J connectivity index is 2.82. The van der Waals surface area contributed by atoms with E-state index in [4.69, 9.17) is 0 Å². The molecule has 3 heteroatoms. The zero-order chi connectivity index (χ0) is 14.5. The van der Waals surface area contributed by atoms with E-state index >= 15 is 0 Å². The zero-order valence-electron chi connectivity index (χ0n) is 13.5. The maximum absolute atomic E-state index is 13.0. The Morgan fingerprint density at radius 1 is 1.21 bits per heavy atom. The molecule has 3 nitrogen and oxygen atoms in total. The fourth-order valence-corrected chi connectivity index (χ4v) is 3.06. The summed E-state index contributed by atoms with van der Waals surface area (Å²) < 4.78 is 0. The average molecular weight is 268 g/mol. The van der Waals surface area contributed by atoms with Crippen LogP contribution in [0.2, 0.25) is 0 Å². The highest BCUT2D eigenvalue weighted by atomic mass is 16.2. The number of hydrogen-bond acceptors (Lipinski definition) is 2. The molecule has 0 saturated carbocycles. The zero-order valence-corrected chi connectivity index (χ0v) is 13.5. The van der Waals surface area contributed by atoms with Gasteiger partial charge in [-0.05, 0) is 37.6 Å². The van der Waals surface area contributed by atoms with Gasteiger partial charge in [0, 0.05) is 19.6 Å². The van der Waals surface area contributed by atoms with Gasteiger partial charge in [0.25, 0.3) is 0 Å². The van der Waals surface area contributed by atoms with E-state index in [1.807, 2.05) is 0 Å². The van der Waals surface area contributed by atoms with Crippen LogP contribution in [-0.4, -0.2) is 37.0 Å². The molecule has 0 aliphatic carbocycles. The van der Waals surface area contributed by atoms with Crippen molar-refractivity contribution in [2.24, 2.45) is 17.3 Å². The van der Waals surface area contributed by atoms with Crippen LogP contribution in [0, 0.1) is 17.3 Å². The summed E-state index contributed by atoms with van der Waals surface area (Å²) in [5, 5.41) is 3.42. The molecule has 19 heavy (non-hydrogen) atoms. The van der Waals surface area contributed by atoms with Crippen LogP contribution < -0.4 is 5.32 Å². The molecule has 1 fully saturated rings. The molecule has 1 aliphatic rings. The van der Waals surface area contributed by atoms with Gasteiger partial charge >= 0.3 is 0 Å². The molecule has 1 amide bonds. The normalized spacial score (nSPS) is 23.9. The van der Waals surface area contributed by atoms with Gasteiger partial charge in [-0.25, -0.2) is 0 Å². The van der Waals surface area contributed by atoms with Crippen molar-refractivity contribution in [3.8, 4) is 0 Å². The minimum Gasteiger partial charge on any atom is -0.342 e. The number of nitrogens with one attached hydrogen (secondary N) is 1. The second-order valence-electron chi connectivity index (χ2n) is 6.91. The number of nitrogens with zero attached hydrogens (tertiary/aromatic N) is 1. The maximum Gasteiger partial charge on any atom is 0.230 e.